The Morgan fingerprint density at radius 1 is 1.54 bits per heavy atom. The maximum Gasteiger partial charge on any atom is 0.262 e. The second kappa shape index (κ2) is 7.12. The van der Waals surface area contributed by atoms with Gasteiger partial charge in [-0.25, -0.2) is 9.13 Å². The predicted octanol–water partition coefficient (Wildman–Crippen LogP) is -1.47. The van der Waals surface area contributed by atoms with E-state index >= 15 is 0 Å². The number of carbonyl (C=O) groups is 3. The second-order valence-electron chi connectivity index (χ2n) is 7.01. The van der Waals surface area contributed by atoms with Crippen molar-refractivity contribution in [2.75, 3.05) is 7.05 Å². The van der Waals surface area contributed by atoms with Gasteiger partial charge in [-0.1, -0.05) is 11.8 Å². The number of amides is 2. The van der Waals surface area contributed by atoms with E-state index in [4.69, 9.17) is 0 Å². The van der Waals surface area contributed by atoms with E-state index in [0.717, 1.165) is 18.7 Å². The van der Waals surface area contributed by atoms with E-state index in [2.05, 4.69) is 9.88 Å². The lowest BCUT2D eigenvalue weighted by Gasteiger charge is -2.44. The number of likely N-dealkylation sites (N-methyl/N-ethyl adjacent to an activating group) is 1. The summed E-state index contributed by atoms with van der Waals surface area (Å²) >= 11 is 2.71. The largest absolute Gasteiger partial charge is 0.543 e. The summed E-state index contributed by atoms with van der Waals surface area (Å²) in [5.74, 6) is -2.45. The molecular formula is C17H20N4O5S2. The molecule has 0 radical (unpaired) electrons. The van der Waals surface area contributed by atoms with Crippen LogP contribution < -0.4 is 15.0 Å². The molecule has 0 saturated carbocycles. The smallest absolute Gasteiger partial charge is 0.262 e. The van der Waals surface area contributed by atoms with E-state index in [1.54, 1.807) is 18.5 Å². The molecule has 3 aliphatic rings. The molecule has 1 saturated heterocycles. The highest BCUT2D eigenvalue weighted by Gasteiger charge is 2.56. The second-order valence-corrected chi connectivity index (χ2v) is 9.61. The fourth-order valence-corrected chi connectivity index (χ4v) is 7.06. The molecule has 2 amide bonds. The number of rotatable bonds is 6. The number of hydrogen-bond donors (Lipinski definition) is 2. The number of imidazole rings is 1. The molecule has 0 spiro atoms. The number of thioether (sulfide) groups is 2. The van der Waals surface area contributed by atoms with Gasteiger partial charge in [0.2, 0.25) is 12.2 Å². The van der Waals surface area contributed by atoms with Crippen molar-refractivity contribution in [1.29, 1.82) is 0 Å². The first-order valence-electron chi connectivity index (χ1n) is 8.91. The van der Waals surface area contributed by atoms with Crippen LogP contribution in [0.15, 0.2) is 22.5 Å². The van der Waals surface area contributed by atoms with E-state index in [1.807, 2.05) is 12.5 Å². The molecule has 0 bridgehead atoms. The first-order valence-corrected chi connectivity index (χ1v) is 10.7. The molecule has 4 rings (SSSR count). The Labute approximate surface area is 169 Å². The van der Waals surface area contributed by atoms with Crippen LogP contribution in [0.25, 0.3) is 0 Å². The first kappa shape index (κ1) is 19.3. The van der Waals surface area contributed by atoms with Gasteiger partial charge in [0.1, 0.15) is 11.6 Å². The SMILES string of the molecule is CNC(=O)C[n+]1cc2n(c1)CC[C@H]2SC1=C(C(=O)[O-])N2C(=O)[C@H]([C@@H](C)O)[C@H]2S1. The molecule has 0 aromatic carbocycles. The third-order valence-corrected chi connectivity index (χ3v) is 8.09. The zero-order chi connectivity index (χ0) is 20.2. The summed E-state index contributed by atoms with van der Waals surface area (Å²) in [6.45, 7) is 2.53. The highest BCUT2D eigenvalue weighted by Crippen LogP contribution is 2.57. The van der Waals surface area contributed by atoms with Crippen LogP contribution in [0.4, 0.5) is 0 Å². The number of aliphatic hydroxyl groups excluding tert-OH is 1. The lowest BCUT2D eigenvalue weighted by molar-refractivity contribution is -0.684. The molecule has 0 unspecified atom stereocenters. The zero-order valence-corrected chi connectivity index (χ0v) is 17.0. The van der Waals surface area contributed by atoms with Crippen LogP contribution in [0.1, 0.15) is 24.3 Å². The predicted molar refractivity (Wildman–Crippen MR) is 99.1 cm³/mol. The summed E-state index contributed by atoms with van der Waals surface area (Å²) in [5, 5.41) is 23.7. The van der Waals surface area contributed by atoms with Crippen molar-refractivity contribution in [3.63, 3.8) is 0 Å². The molecule has 11 heteroatoms. The molecule has 28 heavy (non-hydrogen) atoms. The Bertz CT molecular complexity index is 896. The Morgan fingerprint density at radius 2 is 2.29 bits per heavy atom. The highest BCUT2D eigenvalue weighted by atomic mass is 32.2. The summed E-state index contributed by atoms with van der Waals surface area (Å²) in [6.07, 6.45) is 3.77. The van der Waals surface area contributed by atoms with Crippen LogP contribution in [0.2, 0.25) is 0 Å². The van der Waals surface area contributed by atoms with Gasteiger partial charge >= 0.3 is 0 Å². The number of fused-ring (bicyclic) bond motifs is 2. The zero-order valence-electron chi connectivity index (χ0n) is 15.3. The number of aliphatic carboxylic acids is 1. The lowest BCUT2D eigenvalue weighted by Crippen LogP contribution is -2.61. The number of carboxylic acid groups (broad SMARTS) is 1. The van der Waals surface area contributed by atoms with Crippen molar-refractivity contribution in [2.24, 2.45) is 5.92 Å². The van der Waals surface area contributed by atoms with E-state index in [1.165, 1.54) is 28.4 Å². The molecule has 2 N–H and O–H groups in total. The highest BCUT2D eigenvalue weighted by molar-refractivity contribution is 8.22. The van der Waals surface area contributed by atoms with Crippen molar-refractivity contribution < 1.29 is 29.2 Å². The van der Waals surface area contributed by atoms with E-state index in [9.17, 15) is 24.6 Å². The van der Waals surface area contributed by atoms with Gasteiger partial charge in [-0.05, 0) is 6.92 Å². The molecule has 4 heterocycles. The van der Waals surface area contributed by atoms with Crippen LogP contribution >= 0.6 is 23.5 Å². The fraction of sp³-hybridized carbons (Fsp3) is 0.529. The van der Waals surface area contributed by atoms with Gasteiger partial charge in [0.25, 0.3) is 5.91 Å². The quantitative estimate of drug-likeness (QED) is 0.423. The average Bonchev–Trinajstić information content (AvgIpc) is 3.27. The third-order valence-electron chi connectivity index (χ3n) is 5.19. The summed E-state index contributed by atoms with van der Waals surface area (Å²) < 4.78 is 4.40. The summed E-state index contributed by atoms with van der Waals surface area (Å²) in [5.41, 5.74) is 0.914. The number of aromatic nitrogens is 2. The third kappa shape index (κ3) is 3.01. The normalized spacial score (nSPS) is 26.8. The van der Waals surface area contributed by atoms with Gasteiger partial charge in [-0.3, -0.25) is 14.5 Å². The minimum absolute atomic E-state index is 0.0154. The number of hydrogen-bond acceptors (Lipinski definition) is 7. The molecule has 1 aromatic rings. The Hall–Kier alpha value is -1.98. The molecule has 3 aliphatic heterocycles. The van der Waals surface area contributed by atoms with Crippen molar-refractivity contribution in [3.05, 3.63) is 28.2 Å². The number of β-lactam (4-membered cyclic amide) rings is 1. The number of carboxylic acids is 1. The number of carbonyl (C=O) groups excluding carboxylic acids is 3. The molecule has 1 aromatic heterocycles. The van der Waals surface area contributed by atoms with Gasteiger partial charge in [0.05, 0.1) is 39.7 Å². The first-order chi connectivity index (χ1) is 13.3. The molecule has 1 fully saturated rings. The van der Waals surface area contributed by atoms with Crippen molar-refractivity contribution in [3.8, 4) is 0 Å². The minimum Gasteiger partial charge on any atom is -0.543 e. The maximum absolute atomic E-state index is 12.3. The summed E-state index contributed by atoms with van der Waals surface area (Å²) in [6, 6.07) is 0. The van der Waals surface area contributed by atoms with Crippen LogP contribution in [0.5, 0.6) is 0 Å². The van der Waals surface area contributed by atoms with Crippen LogP contribution in [0, 0.1) is 5.92 Å². The standard InChI is InChI=1S/C17H20N4O5S2/c1-8(22)12-14(24)21-13(16(25)26)17(28-15(12)21)27-10-3-4-20-7-19(5-9(10)20)6-11(23)18-2/h5,7-8,10,12,15,22H,3-4,6H2,1-2H3,(H-,18,23,25,26)/t8-,10-,12+,15-/m1/s1. The van der Waals surface area contributed by atoms with Crippen molar-refractivity contribution in [1.82, 2.24) is 14.8 Å². The van der Waals surface area contributed by atoms with Gasteiger partial charge < -0.3 is 20.3 Å². The van der Waals surface area contributed by atoms with E-state index in [0.29, 0.717) is 4.24 Å². The summed E-state index contributed by atoms with van der Waals surface area (Å²) in [7, 11) is 1.59. The van der Waals surface area contributed by atoms with Crippen LogP contribution in [0.3, 0.4) is 0 Å². The molecule has 150 valence electrons. The number of nitrogens with one attached hydrogen (secondary N) is 1. The Morgan fingerprint density at radius 3 is 2.93 bits per heavy atom. The van der Waals surface area contributed by atoms with Crippen molar-refractivity contribution in [2.45, 2.75) is 43.2 Å². The van der Waals surface area contributed by atoms with Gasteiger partial charge in [0.15, 0.2) is 12.2 Å². The van der Waals surface area contributed by atoms with Crippen molar-refractivity contribution >= 4 is 41.3 Å². The molecule has 0 aliphatic carbocycles. The average molecular weight is 425 g/mol. The monoisotopic (exact) mass is 424 g/mol. The van der Waals surface area contributed by atoms with Crippen LogP contribution in [-0.2, 0) is 27.5 Å². The number of aliphatic hydroxyl groups is 1. The molecular weight excluding hydrogens is 404 g/mol. The van der Waals surface area contributed by atoms with Gasteiger partial charge in [-0.2, -0.15) is 0 Å². The summed E-state index contributed by atoms with van der Waals surface area (Å²) in [4.78, 5) is 36.8. The minimum atomic E-state index is -1.38. The molecule has 9 nitrogen and oxygen atoms in total. The van der Waals surface area contributed by atoms with Crippen LogP contribution in [-0.4, -0.2) is 50.9 Å². The lowest BCUT2D eigenvalue weighted by atomic mass is 9.92. The maximum atomic E-state index is 12.3. The number of aryl methyl sites for hydroxylation is 1. The Kier molecular flexibility index (Phi) is 4.92. The van der Waals surface area contributed by atoms with Gasteiger partial charge in [0, 0.05) is 13.5 Å². The van der Waals surface area contributed by atoms with E-state index in [-0.39, 0.29) is 29.3 Å². The topological polar surface area (TPSA) is 119 Å². The van der Waals surface area contributed by atoms with E-state index < -0.39 is 23.4 Å². The number of nitrogens with zero attached hydrogens (tertiary/aromatic N) is 3. The molecule has 4 atom stereocenters. The fourth-order valence-electron chi connectivity index (χ4n) is 3.79. The van der Waals surface area contributed by atoms with Gasteiger partial charge in [-0.15, -0.1) is 11.8 Å². The Balaban J connectivity index is 1.55.